The maximum Gasteiger partial charge on any atom is 0.269 e. The lowest BCUT2D eigenvalue weighted by Gasteiger charge is -2.23. The molecule has 1 saturated heterocycles. The molecule has 1 aromatic rings. The van der Waals surface area contributed by atoms with Crippen LogP contribution in [0.5, 0.6) is 0 Å². The molecule has 0 aromatic heterocycles. The van der Waals surface area contributed by atoms with E-state index < -0.39 is 0 Å². The predicted molar refractivity (Wildman–Crippen MR) is 75.3 cm³/mol. The molecule has 1 aliphatic heterocycles. The summed E-state index contributed by atoms with van der Waals surface area (Å²) in [5, 5.41) is 17.5. The summed E-state index contributed by atoms with van der Waals surface area (Å²) in [6, 6.07) is 7.40. The molecule has 2 N–H and O–H groups in total. The number of nitrogens with one attached hydrogen (secondary N) is 2. The Morgan fingerprint density at radius 1 is 1.32 bits per heavy atom. The Bertz CT molecular complexity index is 400. The Morgan fingerprint density at radius 3 is 2.74 bits per heavy atom. The van der Waals surface area contributed by atoms with Crippen LogP contribution in [0.15, 0.2) is 24.3 Å². The highest BCUT2D eigenvalue weighted by Gasteiger charge is 2.11. The minimum atomic E-state index is -0.364. The first kappa shape index (κ1) is 14.0. The number of hydrogen-bond donors (Lipinski definition) is 2. The van der Waals surface area contributed by atoms with E-state index in [1.165, 1.54) is 19.3 Å². The lowest BCUT2D eigenvalue weighted by atomic mass is 10.1. The van der Waals surface area contributed by atoms with Gasteiger partial charge in [0.15, 0.2) is 0 Å². The lowest BCUT2D eigenvalue weighted by molar-refractivity contribution is -0.384. The van der Waals surface area contributed by atoms with Gasteiger partial charge in [-0.1, -0.05) is 18.6 Å². The highest BCUT2D eigenvalue weighted by molar-refractivity contribution is 5.32. The summed E-state index contributed by atoms with van der Waals surface area (Å²) in [7, 11) is 0. The normalized spacial score (nSPS) is 19.3. The van der Waals surface area contributed by atoms with Gasteiger partial charge in [-0.05, 0) is 37.9 Å². The monoisotopic (exact) mass is 263 g/mol. The maximum absolute atomic E-state index is 10.5. The number of nitro groups is 1. The third-order valence-corrected chi connectivity index (χ3v) is 3.54. The first-order valence-electron chi connectivity index (χ1n) is 6.93. The van der Waals surface area contributed by atoms with E-state index in [1.54, 1.807) is 12.1 Å². The van der Waals surface area contributed by atoms with Crippen molar-refractivity contribution in [2.45, 2.75) is 31.7 Å². The number of hydrogen-bond acceptors (Lipinski definition) is 4. The Hall–Kier alpha value is -1.46. The summed E-state index contributed by atoms with van der Waals surface area (Å²) < 4.78 is 0. The Kier molecular flexibility index (Phi) is 5.30. The summed E-state index contributed by atoms with van der Waals surface area (Å²) in [5.74, 6) is 0. The van der Waals surface area contributed by atoms with E-state index in [2.05, 4.69) is 10.6 Å². The zero-order valence-corrected chi connectivity index (χ0v) is 11.1. The van der Waals surface area contributed by atoms with Crippen molar-refractivity contribution in [3.8, 4) is 0 Å². The van der Waals surface area contributed by atoms with Gasteiger partial charge in [0, 0.05) is 24.7 Å². The fraction of sp³-hybridized carbons (Fsp3) is 0.571. The average molecular weight is 263 g/mol. The summed E-state index contributed by atoms with van der Waals surface area (Å²) >= 11 is 0. The number of non-ortho nitro benzene ring substituents is 1. The van der Waals surface area contributed by atoms with E-state index in [1.807, 2.05) is 12.1 Å². The second kappa shape index (κ2) is 7.21. The van der Waals surface area contributed by atoms with Gasteiger partial charge in [0.2, 0.25) is 0 Å². The number of benzene rings is 1. The molecule has 1 aromatic carbocycles. The molecule has 1 unspecified atom stereocenters. The fourth-order valence-electron chi connectivity index (χ4n) is 2.39. The van der Waals surface area contributed by atoms with Gasteiger partial charge in [-0.15, -0.1) is 0 Å². The van der Waals surface area contributed by atoms with Crippen molar-refractivity contribution in [2.24, 2.45) is 0 Å². The van der Waals surface area contributed by atoms with Crippen molar-refractivity contribution in [1.82, 2.24) is 10.6 Å². The quantitative estimate of drug-likeness (QED) is 0.467. The van der Waals surface area contributed by atoms with Crippen LogP contribution in [0, 0.1) is 10.1 Å². The summed E-state index contributed by atoms with van der Waals surface area (Å²) in [6.45, 7) is 3.05. The molecule has 104 valence electrons. The van der Waals surface area contributed by atoms with Gasteiger partial charge >= 0.3 is 0 Å². The van der Waals surface area contributed by atoms with Gasteiger partial charge in [0.25, 0.3) is 5.69 Å². The standard InChI is InChI=1S/C14H21N3O2/c18-17(19)14-6-4-12(5-7-14)8-10-15-11-13-3-1-2-9-16-13/h4-7,13,15-16H,1-3,8-11H2. The van der Waals surface area contributed by atoms with E-state index in [0.717, 1.165) is 31.6 Å². The first-order chi connectivity index (χ1) is 9.25. The highest BCUT2D eigenvalue weighted by atomic mass is 16.6. The van der Waals surface area contributed by atoms with Crippen molar-refractivity contribution in [2.75, 3.05) is 19.6 Å². The molecule has 0 aliphatic carbocycles. The lowest BCUT2D eigenvalue weighted by Crippen LogP contribution is -2.42. The summed E-state index contributed by atoms with van der Waals surface area (Å²) in [4.78, 5) is 10.2. The van der Waals surface area contributed by atoms with E-state index in [-0.39, 0.29) is 10.6 Å². The van der Waals surface area contributed by atoms with Crippen LogP contribution >= 0.6 is 0 Å². The molecule has 1 aliphatic rings. The molecule has 0 spiro atoms. The van der Waals surface area contributed by atoms with Crippen LogP contribution in [0.1, 0.15) is 24.8 Å². The summed E-state index contributed by atoms with van der Waals surface area (Å²) in [5.41, 5.74) is 1.29. The minimum Gasteiger partial charge on any atom is -0.315 e. The molecular formula is C14H21N3O2. The van der Waals surface area contributed by atoms with Crippen LogP contribution in [-0.2, 0) is 6.42 Å². The van der Waals surface area contributed by atoms with Crippen molar-refractivity contribution in [3.63, 3.8) is 0 Å². The number of piperidine rings is 1. The van der Waals surface area contributed by atoms with Gasteiger partial charge in [0.05, 0.1) is 4.92 Å². The molecule has 2 rings (SSSR count). The van der Waals surface area contributed by atoms with Crippen LogP contribution in [0.2, 0.25) is 0 Å². The van der Waals surface area contributed by atoms with Crippen molar-refractivity contribution in [3.05, 3.63) is 39.9 Å². The molecule has 1 fully saturated rings. The van der Waals surface area contributed by atoms with Crippen LogP contribution in [0.4, 0.5) is 5.69 Å². The van der Waals surface area contributed by atoms with E-state index in [0.29, 0.717) is 6.04 Å². The number of nitrogens with zero attached hydrogens (tertiary/aromatic N) is 1. The molecule has 0 saturated carbocycles. The largest absolute Gasteiger partial charge is 0.315 e. The molecule has 1 atom stereocenters. The van der Waals surface area contributed by atoms with Crippen LogP contribution in [0.3, 0.4) is 0 Å². The van der Waals surface area contributed by atoms with Crippen molar-refractivity contribution >= 4 is 5.69 Å². The van der Waals surface area contributed by atoms with Crippen molar-refractivity contribution in [1.29, 1.82) is 0 Å². The van der Waals surface area contributed by atoms with Crippen LogP contribution in [-0.4, -0.2) is 30.6 Å². The average Bonchev–Trinajstić information content (AvgIpc) is 2.45. The molecule has 1 heterocycles. The third-order valence-electron chi connectivity index (χ3n) is 3.54. The zero-order chi connectivity index (χ0) is 13.5. The van der Waals surface area contributed by atoms with Crippen molar-refractivity contribution < 1.29 is 4.92 Å². The van der Waals surface area contributed by atoms with Gasteiger partial charge < -0.3 is 10.6 Å². The second-order valence-corrected chi connectivity index (χ2v) is 5.02. The highest BCUT2D eigenvalue weighted by Crippen LogP contribution is 2.12. The van der Waals surface area contributed by atoms with E-state index in [9.17, 15) is 10.1 Å². The minimum absolute atomic E-state index is 0.156. The fourth-order valence-corrected chi connectivity index (χ4v) is 2.39. The predicted octanol–water partition coefficient (Wildman–Crippen LogP) is 1.87. The zero-order valence-electron chi connectivity index (χ0n) is 11.1. The molecule has 0 radical (unpaired) electrons. The Morgan fingerprint density at radius 2 is 2.11 bits per heavy atom. The molecular weight excluding hydrogens is 242 g/mol. The van der Waals surface area contributed by atoms with Gasteiger partial charge in [-0.25, -0.2) is 0 Å². The molecule has 19 heavy (non-hydrogen) atoms. The third kappa shape index (κ3) is 4.61. The van der Waals surface area contributed by atoms with Gasteiger partial charge in [0.1, 0.15) is 0 Å². The van der Waals surface area contributed by atoms with Gasteiger partial charge in [-0.3, -0.25) is 10.1 Å². The molecule has 0 amide bonds. The Labute approximate surface area is 113 Å². The second-order valence-electron chi connectivity index (χ2n) is 5.02. The van der Waals surface area contributed by atoms with Crippen LogP contribution in [0.25, 0.3) is 0 Å². The smallest absolute Gasteiger partial charge is 0.269 e. The Balaban J connectivity index is 1.66. The topological polar surface area (TPSA) is 67.2 Å². The summed E-state index contributed by atoms with van der Waals surface area (Å²) in [6.07, 6.45) is 4.77. The van der Waals surface area contributed by atoms with E-state index >= 15 is 0 Å². The van der Waals surface area contributed by atoms with Crippen LogP contribution < -0.4 is 10.6 Å². The number of nitro benzene ring substituents is 1. The molecule has 5 heteroatoms. The van der Waals surface area contributed by atoms with Gasteiger partial charge in [-0.2, -0.15) is 0 Å². The molecule has 5 nitrogen and oxygen atoms in total. The SMILES string of the molecule is O=[N+]([O-])c1ccc(CCNCC2CCCCN2)cc1. The maximum atomic E-state index is 10.5. The first-order valence-corrected chi connectivity index (χ1v) is 6.93. The van der Waals surface area contributed by atoms with E-state index in [4.69, 9.17) is 0 Å². The number of rotatable bonds is 6. The molecule has 0 bridgehead atoms.